The SMILES string of the molecule is Cc1ncc(CN(C)C(=O)C2Cc3ccccc3N2)s1. The van der Waals surface area contributed by atoms with Crippen LogP contribution in [0.4, 0.5) is 5.69 Å². The highest BCUT2D eigenvalue weighted by Crippen LogP contribution is 2.26. The summed E-state index contributed by atoms with van der Waals surface area (Å²) in [7, 11) is 1.85. The van der Waals surface area contributed by atoms with Gasteiger partial charge in [0.1, 0.15) is 6.04 Å². The molecule has 1 N–H and O–H groups in total. The summed E-state index contributed by atoms with van der Waals surface area (Å²) in [6.07, 6.45) is 2.61. The molecule has 5 heteroatoms. The number of benzene rings is 1. The molecular weight excluding hydrogens is 270 g/mol. The molecule has 4 nitrogen and oxygen atoms in total. The first-order chi connectivity index (χ1) is 9.63. The van der Waals surface area contributed by atoms with E-state index in [1.807, 2.05) is 38.4 Å². The Balaban J connectivity index is 1.65. The summed E-state index contributed by atoms with van der Waals surface area (Å²) in [6.45, 7) is 2.60. The zero-order valence-electron chi connectivity index (χ0n) is 11.6. The molecule has 1 atom stereocenters. The van der Waals surface area contributed by atoms with E-state index in [1.165, 1.54) is 5.56 Å². The number of nitrogens with zero attached hydrogens (tertiary/aromatic N) is 2. The van der Waals surface area contributed by atoms with Crippen LogP contribution in [0.3, 0.4) is 0 Å². The van der Waals surface area contributed by atoms with E-state index in [1.54, 1.807) is 16.2 Å². The number of rotatable bonds is 3. The molecule has 1 aliphatic heterocycles. The number of nitrogens with one attached hydrogen (secondary N) is 1. The first-order valence-electron chi connectivity index (χ1n) is 6.64. The lowest BCUT2D eigenvalue weighted by atomic mass is 10.1. The second kappa shape index (κ2) is 5.25. The minimum absolute atomic E-state index is 0.132. The van der Waals surface area contributed by atoms with Crippen molar-refractivity contribution < 1.29 is 4.79 Å². The molecule has 0 aliphatic carbocycles. The number of aromatic nitrogens is 1. The van der Waals surface area contributed by atoms with Crippen LogP contribution in [0.1, 0.15) is 15.4 Å². The summed E-state index contributed by atoms with van der Waals surface area (Å²) in [5, 5.41) is 4.34. The molecule has 1 aromatic carbocycles. The number of carbonyl (C=O) groups excluding carboxylic acids is 1. The molecule has 0 radical (unpaired) electrons. The van der Waals surface area contributed by atoms with Crippen molar-refractivity contribution in [3.05, 3.63) is 45.9 Å². The smallest absolute Gasteiger partial charge is 0.245 e. The third-order valence-electron chi connectivity index (χ3n) is 3.51. The van der Waals surface area contributed by atoms with Crippen molar-refractivity contribution in [1.29, 1.82) is 0 Å². The van der Waals surface area contributed by atoms with Gasteiger partial charge in [0, 0.05) is 30.2 Å². The van der Waals surface area contributed by atoms with Gasteiger partial charge in [-0.15, -0.1) is 11.3 Å². The van der Waals surface area contributed by atoms with E-state index in [2.05, 4.69) is 16.4 Å². The van der Waals surface area contributed by atoms with Crippen LogP contribution in [0.2, 0.25) is 0 Å². The van der Waals surface area contributed by atoms with Crippen molar-refractivity contribution >= 4 is 22.9 Å². The number of anilines is 1. The molecule has 0 spiro atoms. The Morgan fingerprint density at radius 2 is 2.30 bits per heavy atom. The van der Waals surface area contributed by atoms with Crippen molar-refractivity contribution in [1.82, 2.24) is 9.88 Å². The lowest BCUT2D eigenvalue weighted by Gasteiger charge is -2.20. The third-order valence-corrected chi connectivity index (χ3v) is 4.41. The van der Waals surface area contributed by atoms with Crippen LogP contribution in [-0.2, 0) is 17.8 Å². The van der Waals surface area contributed by atoms with Crippen LogP contribution < -0.4 is 5.32 Å². The van der Waals surface area contributed by atoms with Crippen LogP contribution in [0.25, 0.3) is 0 Å². The average molecular weight is 287 g/mol. The Kier molecular flexibility index (Phi) is 3.44. The fourth-order valence-corrected chi connectivity index (χ4v) is 3.35. The van der Waals surface area contributed by atoms with Gasteiger partial charge in [0.2, 0.25) is 5.91 Å². The standard InChI is InChI=1S/C15H17N3OS/c1-10-16-8-12(20-10)9-18(2)15(19)14-7-11-5-3-4-6-13(11)17-14/h3-6,8,14,17H,7,9H2,1-2H3. The molecular formula is C15H17N3OS. The van der Waals surface area contributed by atoms with Gasteiger partial charge in [-0.2, -0.15) is 0 Å². The molecule has 104 valence electrons. The maximum absolute atomic E-state index is 12.5. The van der Waals surface area contributed by atoms with Gasteiger partial charge in [-0.25, -0.2) is 4.98 Å². The predicted octanol–water partition coefficient (Wildman–Crippen LogP) is 2.45. The first-order valence-corrected chi connectivity index (χ1v) is 7.46. The molecule has 3 rings (SSSR count). The van der Waals surface area contributed by atoms with Gasteiger partial charge >= 0.3 is 0 Å². The Morgan fingerprint density at radius 1 is 1.50 bits per heavy atom. The number of para-hydroxylation sites is 1. The van der Waals surface area contributed by atoms with E-state index in [0.717, 1.165) is 22.0 Å². The van der Waals surface area contributed by atoms with Crippen LogP contribution in [-0.4, -0.2) is 28.9 Å². The monoisotopic (exact) mass is 287 g/mol. The Morgan fingerprint density at radius 3 is 3.00 bits per heavy atom. The number of likely N-dealkylation sites (N-methyl/N-ethyl adjacent to an activating group) is 1. The number of amides is 1. The molecule has 2 aromatic rings. The van der Waals surface area contributed by atoms with E-state index in [9.17, 15) is 4.79 Å². The molecule has 0 fully saturated rings. The van der Waals surface area contributed by atoms with E-state index in [4.69, 9.17) is 0 Å². The number of aryl methyl sites for hydroxylation is 1. The third kappa shape index (κ3) is 2.54. The van der Waals surface area contributed by atoms with E-state index < -0.39 is 0 Å². The van der Waals surface area contributed by atoms with Crippen molar-refractivity contribution in [2.24, 2.45) is 0 Å². The summed E-state index contributed by atoms with van der Waals surface area (Å²) in [6, 6.07) is 7.95. The average Bonchev–Trinajstić information content (AvgIpc) is 3.03. The number of fused-ring (bicyclic) bond motifs is 1. The van der Waals surface area contributed by atoms with Gasteiger partial charge in [0.25, 0.3) is 0 Å². The Labute approximate surface area is 122 Å². The van der Waals surface area contributed by atoms with Gasteiger partial charge in [0.15, 0.2) is 0 Å². The second-order valence-electron chi connectivity index (χ2n) is 5.10. The first kappa shape index (κ1) is 13.1. The summed E-state index contributed by atoms with van der Waals surface area (Å²) in [4.78, 5) is 19.6. The van der Waals surface area contributed by atoms with E-state index in [0.29, 0.717) is 6.54 Å². The quantitative estimate of drug-likeness (QED) is 0.943. The van der Waals surface area contributed by atoms with E-state index >= 15 is 0 Å². The fraction of sp³-hybridized carbons (Fsp3) is 0.333. The summed E-state index contributed by atoms with van der Waals surface area (Å²) < 4.78 is 0. The van der Waals surface area contributed by atoms with Crippen LogP contribution >= 0.6 is 11.3 Å². The molecule has 0 saturated heterocycles. The van der Waals surface area contributed by atoms with Crippen molar-refractivity contribution in [2.75, 3.05) is 12.4 Å². The minimum atomic E-state index is -0.147. The highest BCUT2D eigenvalue weighted by Gasteiger charge is 2.28. The largest absolute Gasteiger partial charge is 0.373 e. The number of hydrogen-bond acceptors (Lipinski definition) is 4. The van der Waals surface area contributed by atoms with Crippen LogP contribution in [0, 0.1) is 6.92 Å². The molecule has 0 bridgehead atoms. The summed E-state index contributed by atoms with van der Waals surface area (Å²) in [5.74, 6) is 0.132. The minimum Gasteiger partial charge on any atom is -0.373 e. The van der Waals surface area contributed by atoms with Crippen molar-refractivity contribution in [2.45, 2.75) is 25.9 Å². The summed E-state index contributed by atoms with van der Waals surface area (Å²) >= 11 is 1.64. The second-order valence-corrected chi connectivity index (χ2v) is 6.42. The topological polar surface area (TPSA) is 45.2 Å². The predicted molar refractivity (Wildman–Crippen MR) is 80.9 cm³/mol. The van der Waals surface area contributed by atoms with Gasteiger partial charge < -0.3 is 10.2 Å². The molecule has 1 aromatic heterocycles. The molecule has 1 aliphatic rings. The Bertz CT molecular complexity index is 613. The molecule has 1 amide bonds. The zero-order valence-corrected chi connectivity index (χ0v) is 12.4. The lowest BCUT2D eigenvalue weighted by molar-refractivity contribution is -0.131. The van der Waals surface area contributed by atoms with E-state index in [-0.39, 0.29) is 11.9 Å². The number of hydrogen-bond donors (Lipinski definition) is 1. The normalized spacial score (nSPS) is 16.6. The number of carbonyl (C=O) groups is 1. The van der Waals surface area contributed by atoms with Gasteiger partial charge in [-0.3, -0.25) is 4.79 Å². The van der Waals surface area contributed by atoms with Gasteiger partial charge in [0.05, 0.1) is 11.6 Å². The van der Waals surface area contributed by atoms with Crippen molar-refractivity contribution in [3.8, 4) is 0 Å². The Hall–Kier alpha value is -1.88. The lowest BCUT2D eigenvalue weighted by Crippen LogP contribution is -2.39. The van der Waals surface area contributed by atoms with Crippen LogP contribution in [0.15, 0.2) is 30.5 Å². The van der Waals surface area contributed by atoms with Gasteiger partial charge in [-0.1, -0.05) is 18.2 Å². The van der Waals surface area contributed by atoms with Crippen molar-refractivity contribution in [3.63, 3.8) is 0 Å². The maximum atomic E-state index is 12.5. The molecule has 20 heavy (non-hydrogen) atoms. The highest BCUT2D eigenvalue weighted by molar-refractivity contribution is 7.11. The summed E-state index contributed by atoms with van der Waals surface area (Å²) in [5.41, 5.74) is 2.29. The van der Waals surface area contributed by atoms with Gasteiger partial charge in [-0.05, 0) is 18.6 Å². The fourth-order valence-electron chi connectivity index (χ4n) is 2.50. The molecule has 1 unspecified atom stereocenters. The van der Waals surface area contributed by atoms with Crippen LogP contribution in [0.5, 0.6) is 0 Å². The molecule has 0 saturated carbocycles. The molecule has 2 heterocycles. The zero-order chi connectivity index (χ0) is 14.1. The highest BCUT2D eigenvalue weighted by atomic mass is 32.1. The number of thiazole rings is 1. The maximum Gasteiger partial charge on any atom is 0.245 e.